The van der Waals surface area contributed by atoms with Gasteiger partial charge >= 0.3 is 5.97 Å². The van der Waals surface area contributed by atoms with Crippen LogP contribution in [0.5, 0.6) is 0 Å². The van der Waals surface area contributed by atoms with E-state index < -0.39 is 5.97 Å². The fraction of sp³-hybridized carbons (Fsp3) is 0.0909. The van der Waals surface area contributed by atoms with Crippen molar-refractivity contribution in [3.63, 3.8) is 0 Å². The Morgan fingerprint density at radius 2 is 2.30 bits per heavy atom. The van der Waals surface area contributed by atoms with Crippen LogP contribution in [0.15, 0.2) is 28.9 Å². The zero-order chi connectivity index (χ0) is 14.1. The molecule has 0 saturated carbocycles. The second-order valence-electron chi connectivity index (χ2n) is 3.86. The number of thioether (sulfide) groups is 1. The molecule has 7 nitrogen and oxygen atoms in total. The van der Waals surface area contributed by atoms with Gasteiger partial charge in [-0.3, -0.25) is 9.36 Å². The normalized spacial score (nSPS) is 11.0. The number of carbonyl (C=O) groups is 1. The minimum Gasteiger partial charge on any atom is -0.481 e. The zero-order valence-electron chi connectivity index (χ0n) is 10.1. The molecule has 0 bridgehead atoms. The summed E-state index contributed by atoms with van der Waals surface area (Å²) in [6, 6.07) is 5.66. The van der Waals surface area contributed by atoms with Crippen molar-refractivity contribution in [3.05, 3.63) is 23.7 Å². The maximum absolute atomic E-state index is 10.7. The number of aliphatic carboxylic acids is 1. The predicted octanol–water partition coefficient (Wildman–Crippen LogP) is 1.64. The summed E-state index contributed by atoms with van der Waals surface area (Å²) < 4.78 is 2.65. The number of nitrogens with two attached hydrogens (primary N) is 1. The molecule has 3 aromatic rings. The number of anilines is 1. The average molecular weight is 307 g/mol. The zero-order valence-corrected chi connectivity index (χ0v) is 11.7. The third kappa shape index (κ3) is 2.32. The van der Waals surface area contributed by atoms with Crippen molar-refractivity contribution in [2.75, 3.05) is 11.5 Å². The number of nitrogens with zero attached hydrogens (tertiary/aromatic N) is 4. The second-order valence-corrected chi connectivity index (χ2v) is 5.69. The molecule has 0 aliphatic carbocycles. The van der Waals surface area contributed by atoms with Crippen molar-refractivity contribution in [3.8, 4) is 5.69 Å². The Hall–Kier alpha value is -2.13. The molecule has 20 heavy (non-hydrogen) atoms. The molecule has 9 heteroatoms. The lowest BCUT2D eigenvalue weighted by Crippen LogP contribution is -2.04. The summed E-state index contributed by atoms with van der Waals surface area (Å²) in [4.78, 5) is 14.9. The Balaban J connectivity index is 2.03. The van der Waals surface area contributed by atoms with E-state index in [1.54, 1.807) is 10.1 Å². The Bertz CT molecular complexity index is 782. The van der Waals surface area contributed by atoms with Gasteiger partial charge in [0.15, 0.2) is 5.16 Å². The molecule has 3 N–H and O–H groups in total. The summed E-state index contributed by atoms with van der Waals surface area (Å²) in [6.45, 7) is 0. The smallest absolute Gasteiger partial charge is 0.313 e. The number of hydrogen-bond donors (Lipinski definition) is 2. The van der Waals surface area contributed by atoms with Crippen LogP contribution in [-0.4, -0.2) is 36.6 Å². The molecule has 0 unspecified atom stereocenters. The van der Waals surface area contributed by atoms with Crippen molar-refractivity contribution in [2.24, 2.45) is 0 Å². The molecule has 0 atom stereocenters. The lowest BCUT2D eigenvalue weighted by molar-refractivity contribution is -0.133. The van der Waals surface area contributed by atoms with Gasteiger partial charge in [0.05, 0.1) is 27.2 Å². The largest absolute Gasteiger partial charge is 0.481 e. The highest BCUT2D eigenvalue weighted by Gasteiger charge is 2.14. The Morgan fingerprint density at radius 1 is 1.45 bits per heavy atom. The fourth-order valence-corrected chi connectivity index (χ4v) is 3.12. The first-order valence-corrected chi connectivity index (χ1v) is 7.41. The van der Waals surface area contributed by atoms with E-state index in [0.717, 1.165) is 27.7 Å². The molecule has 3 rings (SSSR count). The first-order valence-electron chi connectivity index (χ1n) is 5.54. The van der Waals surface area contributed by atoms with E-state index in [0.29, 0.717) is 5.16 Å². The van der Waals surface area contributed by atoms with E-state index in [1.165, 1.54) is 11.3 Å². The highest BCUT2D eigenvalue weighted by molar-refractivity contribution is 7.99. The molecule has 0 fully saturated rings. The maximum Gasteiger partial charge on any atom is 0.313 e. The van der Waals surface area contributed by atoms with E-state index in [9.17, 15) is 4.79 Å². The number of fused-ring (bicyclic) bond motifs is 1. The Morgan fingerprint density at radius 3 is 3.10 bits per heavy atom. The van der Waals surface area contributed by atoms with Gasteiger partial charge in [-0.15, -0.1) is 21.5 Å². The summed E-state index contributed by atoms with van der Waals surface area (Å²) in [7, 11) is 0. The summed E-state index contributed by atoms with van der Waals surface area (Å²) in [5.74, 6) is -0.788. The van der Waals surface area contributed by atoms with Crippen molar-refractivity contribution in [1.82, 2.24) is 19.7 Å². The minimum atomic E-state index is -0.916. The molecule has 1 aromatic carbocycles. The highest BCUT2D eigenvalue weighted by atomic mass is 32.2. The standard InChI is InChI=1S/C11H9N5O2S2/c12-10-14-15-11(19-4-9(17)18)16(10)6-1-2-7-8(3-6)20-5-13-7/h1-3,5H,4H2,(H2,12,14)(H,17,18). The quantitative estimate of drug-likeness (QED) is 0.705. The van der Waals surface area contributed by atoms with Crippen LogP contribution < -0.4 is 5.73 Å². The van der Waals surface area contributed by atoms with Gasteiger partial charge in [-0.05, 0) is 18.2 Å². The molecular formula is C11H9N5O2S2. The molecular weight excluding hydrogens is 298 g/mol. The SMILES string of the molecule is Nc1nnc(SCC(=O)O)n1-c1ccc2ncsc2c1. The van der Waals surface area contributed by atoms with Crippen molar-refractivity contribution in [1.29, 1.82) is 0 Å². The fourth-order valence-electron chi connectivity index (χ4n) is 1.73. The van der Waals surface area contributed by atoms with Gasteiger partial charge in [-0.2, -0.15) is 0 Å². The molecule has 0 aliphatic rings. The van der Waals surface area contributed by atoms with Crippen LogP contribution in [0.1, 0.15) is 0 Å². The molecule has 0 radical (unpaired) electrons. The molecule has 2 aromatic heterocycles. The Labute approximate surface area is 121 Å². The summed E-state index contributed by atoms with van der Waals surface area (Å²) in [5.41, 5.74) is 9.28. The monoisotopic (exact) mass is 307 g/mol. The number of rotatable bonds is 4. The van der Waals surface area contributed by atoms with Crippen LogP contribution in [0.2, 0.25) is 0 Å². The van der Waals surface area contributed by atoms with Crippen LogP contribution in [0, 0.1) is 0 Å². The number of carboxylic acids is 1. The van der Waals surface area contributed by atoms with Crippen molar-refractivity contribution in [2.45, 2.75) is 5.16 Å². The van der Waals surface area contributed by atoms with E-state index in [1.807, 2.05) is 18.2 Å². The van der Waals surface area contributed by atoms with Gasteiger partial charge in [0.1, 0.15) is 0 Å². The number of hydrogen-bond acceptors (Lipinski definition) is 7. The molecule has 0 aliphatic heterocycles. The maximum atomic E-state index is 10.7. The molecule has 102 valence electrons. The predicted molar refractivity (Wildman–Crippen MR) is 77.3 cm³/mol. The highest BCUT2D eigenvalue weighted by Crippen LogP contribution is 2.26. The van der Waals surface area contributed by atoms with Crippen molar-refractivity contribution >= 4 is 45.2 Å². The number of carboxylic acid groups (broad SMARTS) is 1. The molecule has 2 heterocycles. The number of aromatic nitrogens is 4. The lowest BCUT2D eigenvalue weighted by atomic mass is 10.3. The van der Waals surface area contributed by atoms with Gasteiger partial charge in [0.25, 0.3) is 0 Å². The van der Waals surface area contributed by atoms with Gasteiger partial charge in [-0.1, -0.05) is 11.8 Å². The molecule has 0 amide bonds. The van der Waals surface area contributed by atoms with Crippen LogP contribution in [-0.2, 0) is 4.79 Å². The van der Waals surface area contributed by atoms with Crippen LogP contribution in [0.25, 0.3) is 15.9 Å². The van der Waals surface area contributed by atoms with Gasteiger partial charge in [0.2, 0.25) is 5.95 Å². The second kappa shape index (κ2) is 5.10. The number of benzene rings is 1. The third-order valence-electron chi connectivity index (χ3n) is 2.56. The van der Waals surface area contributed by atoms with E-state index in [4.69, 9.17) is 10.8 Å². The van der Waals surface area contributed by atoms with Crippen LogP contribution in [0.4, 0.5) is 5.95 Å². The summed E-state index contributed by atoms with van der Waals surface area (Å²) in [5, 5.41) is 16.9. The van der Waals surface area contributed by atoms with Gasteiger partial charge in [0, 0.05) is 0 Å². The van der Waals surface area contributed by atoms with Gasteiger partial charge in [-0.25, -0.2) is 4.98 Å². The average Bonchev–Trinajstić information content (AvgIpc) is 3.01. The molecule has 0 saturated heterocycles. The van der Waals surface area contributed by atoms with Gasteiger partial charge < -0.3 is 10.8 Å². The summed E-state index contributed by atoms with van der Waals surface area (Å²) >= 11 is 2.60. The van der Waals surface area contributed by atoms with E-state index >= 15 is 0 Å². The topological polar surface area (TPSA) is 107 Å². The van der Waals surface area contributed by atoms with Crippen LogP contribution >= 0.6 is 23.1 Å². The van der Waals surface area contributed by atoms with E-state index in [-0.39, 0.29) is 11.7 Å². The lowest BCUT2D eigenvalue weighted by Gasteiger charge is -2.07. The first kappa shape index (κ1) is 12.9. The van der Waals surface area contributed by atoms with E-state index in [2.05, 4.69) is 15.2 Å². The minimum absolute atomic E-state index is 0.0963. The summed E-state index contributed by atoms with van der Waals surface area (Å²) in [6.07, 6.45) is 0. The number of nitrogen functional groups attached to an aromatic ring is 1. The van der Waals surface area contributed by atoms with Crippen molar-refractivity contribution < 1.29 is 9.90 Å². The third-order valence-corrected chi connectivity index (χ3v) is 4.26. The number of thiazole rings is 1. The molecule has 0 spiro atoms. The Kier molecular flexibility index (Phi) is 3.28. The van der Waals surface area contributed by atoms with Crippen LogP contribution in [0.3, 0.4) is 0 Å². The first-order chi connectivity index (χ1) is 9.65.